The second-order valence-corrected chi connectivity index (χ2v) is 41.8. The lowest BCUT2D eigenvalue weighted by atomic mass is 10.0. The van der Waals surface area contributed by atoms with E-state index in [0.29, 0.717) is 5.92 Å². The van der Waals surface area contributed by atoms with Crippen LogP contribution in [0.25, 0.3) is 101 Å². The molecule has 0 bridgehead atoms. The summed E-state index contributed by atoms with van der Waals surface area (Å²) in [6.07, 6.45) is 1.16. The third kappa shape index (κ3) is 43.2. The molecule has 5 heterocycles. The van der Waals surface area contributed by atoms with Gasteiger partial charge < -0.3 is 19.6 Å². The van der Waals surface area contributed by atoms with Crippen molar-refractivity contribution in [1.82, 2.24) is 68.6 Å². The monoisotopic (exact) mass is 2010 g/mol. The van der Waals surface area contributed by atoms with E-state index in [-0.39, 0.29) is 0 Å². The van der Waals surface area contributed by atoms with Gasteiger partial charge in [-0.1, -0.05) is 268 Å². The van der Waals surface area contributed by atoms with Crippen molar-refractivity contribution in [1.29, 1.82) is 0 Å². The molecule has 15 rings (SSSR count). The first-order chi connectivity index (χ1) is 67.1. The van der Waals surface area contributed by atoms with Crippen molar-refractivity contribution in [2.24, 2.45) is 5.92 Å². The number of fused-ring (bicyclic) bond motifs is 15. The Balaban J connectivity index is 0.000000835. The van der Waals surface area contributed by atoms with Gasteiger partial charge in [-0.15, -0.1) is 56.7 Å². The summed E-state index contributed by atoms with van der Waals surface area (Å²) >= 11 is 9.59. The molecule has 0 atom stereocenters. The molecule has 0 unspecified atom stereocenters. The fraction of sp³-hybridized carbons (Fsp3) is 0.504. The van der Waals surface area contributed by atoms with Crippen LogP contribution in [-0.4, -0.2) is 264 Å². The Bertz CT molecular complexity index is 5770. The van der Waals surface area contributed by atoms with Crippen molar-refractivity contribution < 1.29 is 0 Å². The van der Waals surface area contributed by atoms with E-state index in [1.165, 1.54) is 156 Å². The molecule has 5 aromatic heterocycles. The van der Waals surface area contributed by atoms with Crippen LogP contribution in [0.3, 0.4) is 0 Å². The van der Waals surface area contributed by atoms with E-state index in [1.807, 2.05) is 195 Å². The highest BCUT2D eigenvalue weighted by Gasteiger charge is 2.19. The van der Waals surface area contributed by atoms with Crippen LogP contribution in [0.15, 0.2) is 182 Å². The Labute approximate surface area is 876 Å². The van der Waals surface area contributed by atoms with Gasteiger partial charge in [-0.3, -0.25) is 49.0 Å². The lowest BCUT2D eigenvalue weighted by Gasteiger charge is -2.21. The summed E-state index contributed by atoms with van der Waals surface area (Å²) < 4.78 is 14.0. The van der Waals surface area contributed by atoms with Gasteiger partial charge in [0, 0.05) is 160 Å². The maximum Gasteiger partial charge on any atom is 0.0501 e. The van der Waals surface area contributed by atoms with Gasteiger partial charge in [0.2, 0.25) is 0 Å². The fourth-order valence-electron chi connectivity index (χ4n) is 16.7. The largest absolute Gasteiger partial charge is 0.305 e. The highest BCUT2D eigenvalue weighted by molar-refractivity contribution is 7.27. The zero-order chi connectivity index (χ0) is 106. The normalized spacial score (nSPS) is 11.0. The number of benzene rings is 10. The van der Waals surface area contributed by atoms with Gasteiger partial charge in [0.25, 0.3) is 0 Å². The highest BCUT2D eigenvalue weighted by Crippen LogP contribution is 2.42. The van der Waals surface area contributed by atoms with E-state index >= 15 is 0 Å². The van der Waals surface area contributed by atoms with E-state index < -0.39 is 0 Å². The highest BCUT2D eigenvalue weighted by atomic mass is 32.1. The van der Waals surface area contributed by atoms with E-state index in [4.69, 9.17) is 0 Å². The average Bonchev–Trinajstić information content (AvgIpc) is 1.59. The van der Waals surface area contributed by atoms with Gasteiger partial charge >= 0.3 is 0 Å². The molecule has 0 saturated carbocycles. The first-order valence-electron chi connectivity index (χ1n) is 52.1. The van der Waals surface area contributed by atoms with Crippen LogP contribution in [0.2, 0.25) is 0 Å². The summed E-state index contributed by atoms with van der Waals surface area (Å²) in [4.78, 5) is 31.7. The van der Waals surface area contributed by atoms with Gasteiger partial charge in [-0.2, -0.15) is 0 Å². The maximum atomic E-state index is 2.40. The standard InChI is InChI=1S/C21H28N2S.4C20H27N3S.10C2H6/c1-15(2)11-16-9-10-18-19-8-6-7-17(13-23(5)14-22(3)4)21(19)24-20(18)12-16;1-21(2)12-16-6-8-17-18-10-15(13-23(5)14-22(3)4)7-9-19(18)24-20(17)11-16;1-21(2)12-15-7-9-19-18(10-15)17-8-6-16(11-20(17)24-19)13-23(5)14-22(3)4;1-21(2)12-15-9-10-17-19(11-15)24-18-8-6-7-16(20(17)18)13-23(5)14-22(3)4;1-21(2)12-15-9-10-19-18(11-15)17-8-6-7-16(20(17)24-19)13-23(5)14-22(3)4;10*1-2/h6-10,12,15H,11,13-14H2,1-5H3;4*6-11H,12-14H2,1-5H3;10*1-2H3. The molecule has 0 radical (unpaired) electrons. The lowest BCUT2D eigenvalue weighted by molar-refractivity contribution is 0.204. The van der Waals surface area contributed by atoms with Crippen LogP contribution in [0.5, 0.6) is 0 Å². The molecule has 14 nitrogen and oxygen atoms in total. The molecular formula is C121H196N14S5. The number of thiophene rings is 5. The lowest BCUT2D eigenvalue weighted by Crippen LogP contribution is -2.29. The van der Waals surface area contributed by atoms with E-state index in [1.54, 1.807) is 0 Å². The molecule has 0 aliphatic rings. The molecule has 780 valence electrons. The van der Waals surface area contributed by atoms with Crippen LogP contribution in [0.4, 0.5) is 0 Å². The molecule has 0 N–H and O–H groups in total. The zero-order valence-electron chi connectivity index (χ0n) is 96.8. The molecule has 0 spiro atoms. The third-order valence-electron chi connectivity index (χ3n) is 20.6. The quantitative estimate of drug-likeness (QED) is 0.0402. The van der Waals surface area contributed by atoms with Gasteiger partial charge in [0.15, 0.2) is 0 Å². The molecule has 140 heavy (non-hydrogen) atoms. The van der Waals surface area contributed by atoms with Crippen molar-refractivity contribution in [2.75, 3.05) is 195 Å². The fourth-order valence-corrected chi connectivity index (χ4v) is 22.6. The van der Waals surface area contributed by atoms with Crippen LogP contribution in [0.1, 0.15) is 208 Å². The number of hydrogen-bond acceptors (Lipinski definition) is 19. The molecular weight excluding hydrogens is 1810 g/mol. The van der Waals surface area contributed by atoms with Crippen LogP contribution in [-0.2, 0) is 65.3 Å². The molecule has 15 aromatic rings. The maximum absolute atomic E-state index is 2.40. The van der Waals surface area contributed by atoms with Crippen molar-refractivity contribution in [3.63, 3.8) is 0 Å². The van der Waals surface area contributed by atoms with Crippen LogP contribution >= 0.6 is 56.7 Å². The van der Waals surface area contributed by atoms with E-state index in [0.717, 1.165) is 98.7 Å². The Morgan fingerprint density at radius 3 is 0.771 bits per heavy atom. The predicted molar refractivity (Wildman–Crippen MR) is 648 cm³/mol. The van der Waals surface area contributed by atoms with Crippen LogP contribution in [0, 0.1) is 5.92 Å². The molecule has 0 fully saturated rings. The minimum absolute atomic E-state index is 0.701. The first-order valence-corrected chi connectivity index (χ1v) is 56.2. The third-order valence-corrected chi connectivity index (χ3v) is 26.5. The average molecular weight is 2010 g/mol. The second-order valence-electron chi connectivity index (χ2n) is 36.4. The summed E-state index contributed by atoms with van der Waals surface area (Å²) in [6, 6.07) is 68.7. The zero-order valence-corrected chi connectivity index (χ0v) is 101. The van der Waals surface area contributed by atoms with Crippen molar-refractivity contribution in [3.05, 3.63) is 238 Å². The van der Waals surface area contributed by atoms with E-state index in [9.17, 15) is 0 Å². The summed E-state index contributed by atoms with van der Waals surface area (Å²) in [5.41, 5.74) is 14.0. The number of nitrogens with zero attached hydrogens (tertiary/aromatic N) is 14. The SMILES string of the molecule is CC.CC.CC.CC.CC.CC.CC.CC.CC.CC.CC(C)Cc1ccc2c(c1)sc1c(CN(C)CN(C)C)cccc12.CN(C)Cc1ccc2c(c1)sc1ccc(CN(C)CN(C)C)cc12.CN(C)Cc1ccc2c(c1)sc1cccc(CN(C)CN(C)C)c12.CN(C)Cc1ccc2sc3c(CN(C)CN(C)C)cccc3c2c1.CN(C)Cc1ccc2sc3cc(CN(C)CN(C)C)ccc3c2c1. The van der Waals surface area contributed by atoms with Crippen molar-refractivity contribution in [2.45, 2.75) is 218 Å². The first kappa shape index (κ1) is 131. The number of rotatable bonds is 30. The summed E-state index contributed by atoms with van der Waals surface area (Å²) in [5.74, 6) is 0.701. The Kier molecular flexibility index (Phi) is 66.6. The minimum atomic E-state index is 0.701. The molecule has 0 aliphatic carbocycles. The summed E-state index contributed by atoms with van der Waals surface area (Å²) in [5, 5.41) is 14.0. The van der Waals surface area contributed by atoms with Crippen LogP contribution < -0.4 is 0 Å². The van der Waals surface area contributed by atoms with Gasteiger partial charge in [0.1, 0.15) is 0 Å². The predicted octanol–water partition coefficient (Wildman–Crippen LogP) is 31.7. The Hall–Kier alpha value is -7.26. The van der Waals surface area contributed by atoms with E-state index in [2.05, 4.69) is 427 Å². The molecule has 10 aromatic carbocycles. The number of hydrogen-bond donors (Lipinski definition) is 0. The summed E-state index contributed by atoms with van der Waals surface area (Å²) in [7, 11) is 49.0. The second kappa shape index (κ2) is 71.3. The Morgan fingerprint density at radius 1 is 0.186 bits per heavy atom. The minimum Gasteiger partial charge on any atom is -0.305 e. The molecule has 0 amide bonds. The van der Waals surface area contributed by atoms with Gasteiger partial charge in [0.05, 0.1) is 33.3 Å². The molecule has 0 aliphatic heterocycles. The smallest absolute Gasteiger partial charge is 0.0501 e. The summed E-state index contributed by atoms with van der Waals surface area (Å²) in [6.45, 7) is 58.3. The molecule has 19 heteroatoms. The van der Waals surface area contributed by atoms with Gasteiger partial charge in [-0.05, 0) is 297 Å². The Morgan fingerprint density at radius 2 is 0.421 bits per heavy atom. The van der Waals surface area contributed by atoms with Gasteiger partial charge in [-0.25, -0.2) is 0 Å². The topological polar surface area (TPSA) is 45.4 Å². The van der Waals surface area contributed by atoms with Crippen molar-refractivity contribution in [3.8, 4) is 0 Å². The van der Waals surface area contributed by atoms with Crippen molar-refractivity contribution >= 4 is 158 Å². The molecule has 0 saturated heterocycles.